The highest BCUT2D eigenvalue weighted by Gasteiger charge is 2.08. The zero-order chi connectivity index (χ0) is 14.3. The van der Waals surface area contributed by atoms with Crippen molar-refractivity contribution in [2.75, 3.05) is 18.8 Å². The van der Waals surface area contributed by atoms with E-state index in [1.807, 2.05) is 11.8 Å². The van der Waals surface area contributed by atoms with Gasteiger partial charge in [0.15, 0.2) is 0 Å². The van der Waals surface area contributed by atoms with Crippen LogP contribution in [0.3, 0.4) is 0 Å². The van der Waals surface area contributed by atoms with Gasteiger partial charge in [-0.1, -0.05) is 50.1 Å². The summed E-state index contributed by atoms with van der Waals surface area (Å²) in [5.74, 6) is 2.32. The van der Waals surface area contributed by atoms with Crippen LogP contribution in [0.4, 0.5) is 0 Å². The summed E-state index contributed by atoms with van der Waals surface area (Å²) < 4.78 is 0. The van der Waals surface area contributed by atoms with Crippen molar-refractivity contribution in [2.24, 2.45) is 5.41 Å². The second kappa shape index (κ2) is 7.96. The predicted molar refractivity (Wildman–Crippen MR) is 89.0 cm³/mol. The van der Waals surface area contributed by atoms with Crippen molar-refractivity contribution >= 4 is 11.8 Å². The summed E-state index contributed by atoms with van der Waals surface area (Å²) in [5, 5.41) is 3.53. The molecule has 19 heavy (non-hydrogen) atoms. The summed E-state index contributed by atoms with van der Waals surface area (Å²) in [6.45, 7) is 13.5. The first kappa shape index (κ1) is 16.6. The summed E-state index contributed by atoms with van der Waals surface area (Å²) in [4.78, 5) is 0. The standard InChI is InChI=1S/C17H29NS/c1-14-10-15(2)12-16(11-14)13-19-9-8-18-7-6-17(3,4)5/h10-12,18H,6-9,13H2,1-5H3. The Hall–Kier alpha value is -0.470. The van der Waals surface area contributed by atoms with Gasteiger partial charge in [-0.3, -0.25) is 0 Å². The Labute approximate surface area is 123 Å². The number of aryl methyl sites for hydroxylation is 2. The number of nitrogens with one attached hydrogen (secondary N) is 1. The lowest BCUT2D eigenvalue weighted by Gasteiger charge is -2.17. The fourth-order valence-electron chi connectivity index (χ4n) is 2.08. The lowest BCUT2D eigenvalue weighted by Crippen LogP contribution is -2.22. The molecule has 0 radical (unpaired) electrons. The average Bonchev–Trinajstić information content (AvgIpc) is 2.25. The van der Waals surface area contributed by atoms with Gasteiger partial charge < -0.3 is 5.32 Å². The van der Waals surface area contributed by atoms with Crippen LogP contribution in [0.2, 0.25) is 0 Å². The Morgan fingerprint density at radius 3 is 2.21 bits per heavy atom. The van der Waals surface area contributed by atoms with E-state index in [-0.39, 0.29) is 0 Å². The summed E-state index contributed by atoms with van der Waals surface area (Å²) in [6.07, 6.45) is 1.24. The first-order valence-corrected chi connectivity index (χ1v) is 8.38. The average molecular weight is 279 g/mol. The van der Waals surface area contributed by atoms with E-state index in [2.05, 4.69) is 58.1 Å². The summed E-state index contributed by atoms with van der Waals surface area (Å²) >= 11 is 2.02. The lowest BCUT2D eigenvalue weighted by molar-refractivity contribution is 0.369. The van der Waals surface area contributed by atoms with E-state index in [1.54, 1.807) is 0 Å². The molecule has 0 aliphatic heterocycles. The molecule has 1 aromatic carbocycles. The Morgan fingerprint density at radius 2 is 1.63 bits per heavy atom. The SMILES string of the molecule is Cc1cc(C)cc(CSCCNCCC(C)(C)C)c1. The van der Waals surface area contributed by atoms with Crippen LogP contribution in [0.1, 0.15) is 43.9 Å². The Morgan fingerprint density at radius 1 is 1.00 bits per heavy atom. The molecule has 1 rings (SSSR count). The summed E-state index contributed by atoms with van der Waals surface area (Å²) in [6, 6.07) is 6.84. The molecule has 0 aromatic heterocycles. The van der Waals surface area contributed by atoms with Gasteiger partial charge in [0.25, 0.3) is 0 Å². The molecule has 1 aromatic rings. The first-order chi connectivity index (χ1) is 8.87. The van der Waals surface area contributed by atoms with Crippen molar-refractivity contribution in [1.82, 2.24) is 5.32 Å². The Balaban J connectivity index is 2.11. The van der Waals surface area contributed by atoms with Crippen LogP contribution in [-0.2, 0) is 5.75 Å². The Kier molecular flexibility index (Phi) is 6.95. The predicted octanol–water partition coefficient (Wildman–Crippen LogP) is 4.56. The van der Waals surface area contributed by atoms with Crippen molar-refractivity contribution in [2.45, 2.75) is 46.8 Å². The second-order valence-corrected chi connectivity index (χ2v) is 7.71. The molecule has 1 N–H and O–H groups in total. The number of benzene rings is 1. The van der Waals surface area contributed by atoms with Gasteiger partial charge in [0, 0.05) is 18.1 Å². The van der Waals surface area contributed by atoms with Gasteiger partial charge in [0.05, 0.1) is 0 Å². The van der Waals surface area contributed by atoms with Gasteiger partial charge in [0.2, 0.25) is 0 Å². The molecule has 0 unspecified atom stereocenters. The minimum absolute atomic E-state index is 0.444. The maximum absolute atomic E-state index is 3.53. The van der Waals surface area contributed by atoms with E-state index in [4.69, 9.17) is 0 Å². The van der Waals surface area contributed by atoms with Crippen LogP contribution in [0.15, 0.2) is 18.2 Å². The zero-order valence-electron chi connectivity index (χ0n) is 13.2. The van der Waals surface area contributed by atoms with Crippen molar-refractivity contribution in [3.8, 4) is 0 Å². The molecule has 2 heteroatoms. The molecule has 0 bridgehead atoms. The molecular formula is C17H29NS. The molecule has 0 heterocycles. The van der Waals surface area contributed by atoms with Gasteiger partial charge in [-0.25, -0.2) is 0 Å². The minimum atomic E-state index is 0.444. The normalized spacial score (nSPS) is 11.8. The molecule has 0 spiro atoms. The van der Waals surface area contributed by atoms with Crippen LogP contribution in [0.5, 0.6) is 0 Å². The number of hydrogen-bond donors (Lipinski definition) is 1. The molecular weight excluding hydrogens is 250 g/mol. The lowest BCUT2D eigenvalue weighted by atomic mass is 9.92. The number of thioether (sulfide) groups is 1. The highest BCUT2D eigenvalue weighted by atomic mass is 32.2. The highest BCUT2D eigenvalue weighted by molar-refractivity contribution is 7.98. The Bertz CT molecular complexity index is 359. The van der Waals surface area contributed by atoms with Crippen molar-refractivity contribution in [1.29, 1.82) is 0 Å². The van der Waals surface area contributed by atoms with Crippen LogP contribution in [0.25, 0.3) is 0 Å². The quantitative estimate of drug-likeness (QED) is 0.734. The van der Waals surface area contributed by atoms with Crippen LogP contribution in [-0.4, -0.2) is 18.8 Å². The fraction of sp³-hybridized carbons (Fsp3) is 0.647. The molecule has 0 fully saturated rings. The fourth-order valence-corrected chi connectivity index (χ4v) is 2.91. The first-order valence-electron chi connectivity index (χ1n) is 7.22. The van der Waals surface area contributed by atoms with Gasteiger partial charge in [-0.2, -0.15) is 11.8 Å². The van der Waals surface area contributed by atoms with Crippen molar-refractivity contribution in [3.63, 3.8) is 0 Å². The van der Waals surface area contributed by atoms with Gasteiger partial charge in [-0.05, 0) is 37.8 Å². The van der Waals surface area contributed by atoms with E-state index < -0.39 is 0 Å². The third-order valence-electron chi connectivity index (χ3n) is 3.03. The third-order valence-corrected chi connectivity index (χ3v) is 4.06. The van der Waals surface area contributed by atoms with Crippen LogP contribution in [0, 0.1) is 19.3 Å². The smallest absolute Gasteiger partial charge is 0.0185 e. The third kappa shape index (κ3) is 8.33. The molecule has 1 nitrogen and oxygen atoms in total. The number of hydrogen-bond acceptors (Lipinski definition) is 2. The van der Waals surface area contributed by atoms with Crippen LogP contribution < -0.4 is 5.32 Å². The molecule has 108 valence electrons. The molecule has 0 atom stereocenters. The molecule has 0 amide bonds. The van der Waals surface area contributed by atoms with Gasteiger partial charge >= 0.3 is 0 Å². The second-order valence-electron chi connectivity index (χ2n) is 6.61. The summed E-state index contributed by atoms with van der Waals surface area (Å²) in [7, 11) is 0. The largest absolute Gasteiger partial charge is 0.316 e. The summed E-state index contributed by atoms with van der Waals surface area (Å²) in [5.41, 5.74) is 4.65. The van der Waals surface area contributed by atoms with E-state index >= 15 is 0 Å². The maximum Gasteiger partial charge on any atom is 0.0185 e. The van der Waals surface area contributed by atoms with E-state index in [0.717, 1.165) is 18.8 Å². The molecule has 0 saturated carbocycles. The van der Waals surface area contributed by atoms with Crippen LogP contribution >= 0.6 is 11.8 Å². The highest BCUT2D eigenvalue weighted by Crippen LogP contribution is 2.17. The van der Waals surface area contributed by atoms with E-state index in [0.29, 0.717) is 5.41 Å². The maximum atomic E-state index is 3.53. The zero-order valence-corrected chi connectivity index (χ0v) is 14.0. The number of rotatable bonds is 7. The molecule has 0 saturated heterocycles. The van der Waals surface area contributed by atoms with E-state index in [9.17, 15) is 0 Å². The minimum Gasteiger partial charge on any atom is -0.316 e. The molecule has 0 aliphatic rings. The molecule has 0 aliphatic carbocycles. The van der Waals surface area contributed by atoms with Gasteiger partial charge in [-0.15, -0.1) is 0 Å². The van der Waals surface area contributed by atoms with Gasteiger partial charge in [0.1, 0.15) is 0 Å². The van der Waals surface area contributed by atoms with Crippen molar-refractivity contribution in [3.05, 3.63) is 34.9 Å². The van der Waals surface area contributed by atoms with Crippen molar-refractivity contribution < 1.29 is 0 Å². The monoisotopic (exact) mass is 279 g/mol. The van der Waals surface area contributed by atoms with E-state index in [1.165, 1.54) is 28.9 Å². The topological polar surface area (TPSA) is 12.0 Å².